The van der Waals surface area contributed by atoms with Crippen LogP contribution in [0.5, 0.6) is 0 Å². The van der Waals surface area contributed by atoms with Crippen LogP contribution in [0, 0.1) is 0 Å². The Balaban J connectivity index is 0.000000660. The third kappa shape index (κ3) is 5.37. The van der Waals surface area contributed by atoms with E-state index in [4.69, 9.17) is 9.97 Å². The fourth-order valence-electron chi connectivity index (χ4n) is 2.68. The Labute approximate surface area is 169 Å². The van der Waals surface area contributed by atoms with Crippen molar-refractivity contribution in [2.24, 2.45) is 0 Å². The Kier molecular flexibility index (Phi) is 8.61. The van der Waals surface area contributed by atoms with Crippen LogP contribution in [0.15, 0.2) is 97.1 Å². The van der Waals surface area contributed by atoms with Gasteiger partial charge in [-0.2, -0.15) is 0 Å². The lowest BCUT2D eigenvalue weighted by Gasteiger charge is -2.09. The van der Waals surface area contributed by atoms with Crippen LogP contribution < -0.4 is 0 Å². The normalized spacial score (nSPS) is 9.43. The second-order valence-corrected chi connectivity index (χ2v) is 5.56. The van der Waals surface area contributed by atoms with Crippen LogP contribution in [0.4, 0.5) is 0 Å². The van der Waals surface area contributed by atoms with E-state index >= 15 is 0 Å². The molecule has 1 heterocycles. The maximum absolute atomic E-state index is 4.79. The van der Waals surface area contributed by atoms with Crippen LogP contribution in [0.1, 0.15) is 27.7 Å². The smallest absolute Gasteiger partial charge is 0.160 e. The van der Waals surface area contributed by atoms with Gasteiger partial charge in [0.1, 0.15) is 0 Å². The molecule has 1 aromatic heterocycles. The standard InChI is InChI=1S/C22H16N2.2C2H6/c1-4-10-17(11-5-1)20-16-21(18-12-6-2-7-13-18)24-22(23-20)19-14-8-3-9-15-19;2*1-2/h1-16H;2*1-2H3. The maximum atomic E-state index is 4.79. The van der Waals surface area contributed by atoms with Gasteiger partial charge in [0, 0.05) is 16.7 Å². The number of hydrogen-bond acceptors (Lipinski definition) is 2. The summed E-state index contributed by atoms with van der Waals surface area (Å²) >= 11 is 0. The van der Waals surface area contributed by atoms with Gasteiger partial charge in [0.2, 0.25) is 0 Å². The van der Waals surface area contributed by atoms with Gasteiger partial charge in [0.05, 0.1) is 11.4 Å². The molecule has 3 aromatic carbocycles. The third-order valence-corrected chi connectivity index (χ3v) is 3.90. The molecule has 4 aromatic rings. The molecule has 0 N–H and O–H groups in total. The summed E-state index contributed by atoms with van der Waals surface area (Å²) in [5.74, 6) is 0.746. The zero-order valence-electron chi connectivity index (χ0n) is 17.1. The van der Waals surface area contributed by atoms with E-state index in [0.29, 0.717) is 0 Å². The molecule has 2 heteroatoms. The van der Waals surface area contributed by atoms with Crippen molar-refractivity contribution in [2.45, 2.75) is 27.7 Å². The first-order chi connectivity index (χ1) is 13.9. The van der Waals surface area contributed by atoms with E-state index in [2.05, 4.69) is 30.3 Å². The van der Waals surface area contributed by atoms with Crippen molar-refractivity contribution in [3.63, 3.8) is 0 Å². The number of rotatable bonds is 3. The molecule has 0 saturated heterocycles. The van der Waals surface area contributed by atoms with Crippen molar-refractivity contribution in [1.29, 1.82) is 0 Å². The molecule has 28 heavy (non-hydrogen) atoms. The number of aromatic nitrogens is 2. The molecule has 0 radical (unpaired) electrons. The van der Waals surface area contributed by atoms with Gasteiger partial charge >= 0.3 is 0 Å². The summed E-state index contributed by atoms with van der Waals surface area (Å²) in [6, 6.07) is 32.6. The second-order valence-electron chi connectivity index (χ2n) is 5.56. The first kappa shape index (κ1) is 21.0. The molecule has 0 aliphatic heterocycles. The molecule has 0 spiro atoms. The minimum atomic E-state index is 0.746. The van der Waals surface area contributed by atoms with Gasteiger partial charge in [-0.25, -0.2) is 9.97 Å². The zero-order chi connectivity index (χ0) is 20.2. The van der Waals surface area contributed by atoms with E-state index in [0.717, 1.165) is 33.9 Å². The lowest BCUT2D eigenvalue weighted by Crippen LogP contribution is -1.95. The predicted octanol–water partition coefficient (Wildman–Crippen LogP) is 7.53. The Morgan fingerprint density at radius 3 is 1.11 bits per heavy atom. The molecule has 4 rings (SSSR count). The molecule has 0 unspecified atom stereocenters. The van der Waals surface area contributed by atoms with Gasteiger partial charge < -0.3 is 0 Å². The van der Waals surface area contributed by atoms with Crippen molar-refractivity contribution in [3.05, 3.63) is 97.1 Å². The van der Waals surface area contributed by atoms with Crippen molar-refractivity contribution in [1.82, 2.24) is 9.97 Å². The van der Waals surface area contributed by atoms with Crippen LogP contribution in [0.25, 0.3) is 33.9 Å². The molecular formula is C26H28N2. The van der Waals surface area contributed by atoms with Gasteiger partial charge in [-0.05, 0) is 6.07 Å². The fourth-order valence-corrected chi connectivity index (χ4v) is 2.68. The number of nitrogens with zero attached hydrogens (tertiary/aromatic N) is 2. The zero-order valence-corrected chi connectivity index (χ0v) is 17.1. The van der Waals surface area contributed by atoms with E-state index in [9.17, 15) is 0 Å². The van der Waals surface area contributed by atoms with Crippen LogP contribution in [0.2, 0.25) is 0 Å². The highest BCUT2D eigenvalue weighted by Gasteiger charge is 2.09. The van der Waals surface area contributed by atoms with Gasteiger partial charge in [-0.3, -0.25) is 0 Å². The Bertz CT molecular complexity index is 794. The highest BCUT2D eigenvalue weighted by molar-refractivity contribution is 5.71. The predicted molar refractivity (Wildman–Crippen MR) is 121 cm³/mol. The minimum absolute atomic E-state index is 0.746. The van der Waals surface area contributed by atoms with E-state index in [1.165, 1.54) is 0 Å². The fraction of sp³-hybridized carbons (Fsp3) is 0.154. The van der Waals surface area contributed by atoms with Crippen LogP contribution in [0.3, 0.4) is 0 Å². The number of benzene rings is 3. The van der Waals surface area contributed by atoms with Crippen LogP contribution in [-0.2, 0) is 0 Å². The third-order valence-electron chi connectivity index (χ3n) is 3.90. The monoisotopic (exact) mass is 368 g/mol. The summed E-state index contributed by atoms with van der Waals surface area (Å²) in [5, 5.41) is 0. The Morgan fingerprint density at radius 2 is 0.750 bits per heavy atom. The molecule has 0 bridgehead atoms. The number of hydrogen-bond donors (Lipinski definition) is 0. The summed E-state index contributed by atoms with van der Waals surface area (Å²) in [4.78, 5) is 9.58. The summed E-state index contributed by atoms with van der Waals surface area (Å²) in [6.45, 7) is 8.00. The lowest BCUT2D eigenvalue weighted by atomic mass is 10.1. The maximum Gasteiger partial charge on any atom is 0.160 e. The molecule has 0 aliphatic rings. The van der Waals surface area contributed by atoms with Crippen molar-refractivity contribution < 1.29 is 0 Å². The lowest BCUT2D eigenvalue weighted by molar-refractivity contribution is 1.18. The summed E-state index contributed by atoms with van der Waals surface area (Å²) in [6.07, 6.45) is 0. The first-order valence-corrected chi connectivity index (χ1v) is 9.95. The first-order valence-electron chi connectivity index (χ1n) is 9.95. The molecule has 0 aliphatic carbocycles. The summed E-state index contributed by atoms with van der Waals surface area (Å²) in [7, 11) is 0. The van der Waals surface area contributed by atoms with Gasteiger partial charge in [0.15, 0.2) is 5.82 Å². The van der Waals surface area contributed by atoms with E-state index in [-0.39, 0.29) is 0 Å². The van der Waals surface area contributed by atoms with Crippen molar-refractivity contribution in [2.75, 3.05) is 0 Å². The summed E-state index contributed by atoms with van der Waals surface area (Å²) in [5.41, 5.74) is 5.07. The van der Waals surface area contributed by atoms with Crippen LogP contribution in [-0.4, -0.2) is 9.97 Å². The quantitative estimate of drug-likeness (QED) is 0.373. The average molecular weight is 369 g/mol. The highest BCUT2D eigenvalue weighted by atomic mass is 14.9. The van der Waals surface area contributed by atoms with Gasteiger partial charge in [-0.1, -0.05) is 119 Å². The molecule has 0 atom stereocenters. The molecule has 0 amide bonds. The average Bonchev–Trinajstić information content (AvgIpc) is 2.83. The molecule has 0 fully saturated rings. The molecule has 142 valence electrons. The summed E-state index contributed by atoms with van der Waals surface area (Å²) < 4.78 is 0. The van der Waals surface area contributed by atoms with Gasteiger partial charge in [-0.15, -0.1) is 0 Å². The van der Waals surface area contributed by atoms with E-state index < -0.39 is 0 Å². The molecule has 2 nitrogen and oxygen atoms in total. The SMILES string of the molecule is CC.CC.c1ccc(-c2cc(-c3ccccc3)nc(-c3ccccc3)n2)cc1. The molecular weight excluding hydrogens is 340 g/mol. The van der Waals surface area contributed by atoms with E-state index in [1.54, 1.807) is 0 Å². The van der Waals surface area contributed by atoms with Crippen molar-refractivity contribution >= 4 is 0 Å². The highest BCUT2D eigenvalue weighted by Crippen LogP contribution is 2.27. The largest absolute Gasteiger partial charge is 0.228 e. The minimum Gasteiger partial charge on any atom is -0.228 e. The molecule has 0 saturated carbocycles. The Hall–Kier alpha value is -3.26. The van der Waals surface area contributed by atoms with Crippen LogP contribution >= 0.6 is 0 Å². The van der Waals surface area contributed by atoms with E-state index in [1.807, 2.05) is 94.4 Å². The van der Waals surface area contributed by atoms with Crippen molar-refractivity contribution in [3.8, 4) is 33.9 Å². The second kappa shape index (κ2) is 11.5. The van der Waals surface area contributed by atoms with Gasteiger partial charge in [0.25, 0.3) is 0 Å². The topological polar surface area (TPSA) is 25.8 Å². The Morgan fingerprint density at radius 1 is 0.429 bits per heavy atom.